The van der Waals surface area contributed by atoms with Gasteiger partial charge in [0.2, 0.25) is 0 Å². The summed E-state index contributed by atoms with van der Waals surface area (Å²) in [5, 5.41) is 0. The molecule has 0 bridgehead atoms. The zero-order valence-corrected chi connectivity index (χ0v) is 8.23. The Hall–Kier alpha value is -0.925. The molecule has 1 rings (SSSR count). The average molecular weight is 200 g/mol. The van der Waals surface area contributed by atoms with Gasteiger partial charge in [-0.15, -0.1) is 0 Å². The van der Waals surface area contributed by atoms with Gasteiger partial charge in [-0.1, -0.05) is 31.8 Å². The van der Waals surface area contributed by atoms with E-state index in [1.807, 2.05) is 13.6 Å². The van der Waals surface area contributed by atoms with E-state index in [0.29, 0.717) is 11.9 Å². The highest BCUT2D eigenvalue weighted by molar-refractivity contribution is 6.55. The molecule has 0 nitrogen and oxygen atoms in total. The molecule has 76 valence electrons. The summed E-state index contributed by atoms with van der Waals surface area (Å²) in [6.07, 6.45) is -3.76. The number of halogens is 3. The van der Waals surface area contributed by atoms with Gasteiger partial charge in [-0.2, -0.15) is 13.2 Å². The van der Waals surface area contributed by atoms with Crippen molar-refractivity contribution in [1.82, 2.24) is 0 Å². The number of alkyl halides is 3. The van der Waals surface area contributed by atoms with Crippen molar-refractivity contribution in [2.45, 2.75) is 26.1 Å². The number of hydrogen-bond acceptors (Lipinski definition) is 0. The van der Waals surface area contributed by atoms with E-state index in [9.17, 15) is 13.2 Å². The average Bonchev–Trinajstić information content (AvgIpc) is 2.01. The standard InChI is InChI=1S/C10H12BF3/c1-11(2)7-8-5-3-4-6-9(8)10(12,13)14/h3-6H,7H2,1-2H3. The summed E-state index contributed by atoms with van der Waals surface area (Å²) >= 11 is 0. The fourth-order valence-corrected chi connectivity index (χ4v) is 1.41. The van der Waals surface area contributed by atoms with E-state index in [1.165, 1.54) is 6.07 Å². The highest BCUT2D eigenvalue weighted by Gasteiger charge is 2.32. The predicted octanol–water partition coefficient (Wildman–Crippen LogP) is 3.54. The van der Waals surface area contributed by atoms with Gasteiger partial charge < -0.3 is 0 Å². The van der Waals surface area contributed by atoms with Crippen LogP contribution >= 0.6 is 0 Å². The van der Waals surface area contributed by atoms with Crippen molar-refractivity contribution in [2.24, 2.45) is 0 Å². The van der Waals surface area contributed by atoms with Gasteiger partial charge in [0, 0.05) is 0 Å². The van der Waals surface area contributed by atoms with Gasteiger partial charge in [0.25, 0.3) is 0 Å². The van der Waals surface area contributed by atoms with Crippen LogP contribution in [0.1, 0.15) is 11.1 Å². The minimum Gasteiger partial charge on any atom is -0.166 e. The van der Waals surface area contributed by atoms with Gasteiger partial charge in [-0.3, -0.25) is 0 Å². The van der Waals surface area contributed by atoms with E-state index in [2.05, 4.69) is 0 Å². The summed E-state index contributed by atoms with van der Waals surface area (Å²) in [5.74, 6) is 0. The summed E-state index contributed by atoms with van der Waals surface area (Å²) in [4.78, 5) is 0. The third-order valence-electron chi connectivity index (χ3n) is 1.95. The minimum absolute atomic E-state index is 0.235. The molecule has 0 N–H and O–H groups in total. The molecule has 0 saturated heterocycles. The van der Waals surface area contributed by atoms with Crippen LogP contribution in [-0.4, -0.2) is 6.71 Å². The molecule has 0 saturated carbocycles. The molecule has 0 spiro atoms. The van der Waals surface area contributed by atoms with Crippen LogP contribution in [0.3, 0.4) is 0 Å². The Kier molecular flexibility index (Phi) is 3.24. The zero-order chi connectivity index (χ0) is 10.8. The largest absolute Gasteiger partial charge is 0.416 e. The molecule has 0 amide bonds. The van der Waals surface area contributed by atoms with Crippen LogP contribution in [0.5, 0.6) is 0 Å². The molecule has 1 aromatic carbocycles. The molecule has 0 unspecified atom stereocenters. The van der Waals surface area contributed by atoms with Crippen molar-refractivity contribution in [1.29, 1.82) is 0 Å². The van der Waals surface area contributed by atoms with Crippen molar-refractivity contribution < 1.29 is 13.2 Å². The van der Waals surface area contributed by atoms with Crippen LogP contribution in [0, 0.1) is 0 Å². The first-order valence-corrected chi connectivity index (χ1v) is 4.56. The van der Waals surface area contributed by atoms with E-state index in [-0.39, 0.29) is 6.71 Å². The molecular weight excluding hydrogens is 188 g/mol. The lowest BCUT2D eigenvalue weighted by atomic mass is 9.50. The highest BCUT2D eigenvalue weighted by atomic mass is 19.4. The van der Waals surface area contributed by atoms with E-state index in [1.54, 1.807) is 12.1 Å². The first kappa shape index (κ1) is 11.2. The van der Waals surface area contributed by atoms with Crippen LogP contribution in [0.2, 0.25) is 13.6 Å². The normalized spacial score (nSPS) is 11.5. The van der Waals surface area contributed by atoms with Crippen molar-refractivity contribution in [3.63, 3.8) is 0 Å². The summed E-state index contributed by atoms with van der Waals surface area (Å²) < 4.78 is 37.5. The molecule has 0 aliphatic carbocycles. The van der Waals surface area contributed by atoms with Crippen molar-refractivity contribution >= 4 is 6.71 Å². The molecule has 1 aromatic rings. The summed E-state index contributed by atoms with van der Waals surface area (Å²) in [6, 6.07) is 5.75. The third-order valence-corrected chi connectivity index (χ3v) is 1.95. The fraction of sp³-hybridized carbons (Fsp3) is 0.400. The molecule has 4 heteroatoms. The number of benzene rings is 1. The van der Waals surface area contributed by atoms with E-state index >= 15 is 0 Å². The molecule has 0 fully saturated rings. The van der Waals surface area contributed by atoms with Crippen molar-refractivity contribution in [2.75, 3.05) is 0 Å². The molecule has 0 aromatic heterocycles. The topological polar surface area (TPSA) is 0 Å². The van der Waals surface area contributed by atoms with Crippen LogP contribution in [0.4, 0.5) is 13.2 Å². The van der Waals surface area contributed by atoms with E-state index in [4.69, 9.17) is 0 Å². The summed E-state index contributed by atoms with van der Waals surface area (Å²) in [6.45, 7) is 4.05. The lowest BCUT2D eigenvalue weighted by molar-refractivity contribution is -0.138. The fourth-order valence-electron chi connectivity index (χ4n) is 1.41. The molecule has 0 atom stereocenters. The van der Waals surface area contributed by atoms with Crippen LogP contribution in [-0.2, 0) is 12.5 Å². The molecule has 0 heterocycles. The quantitative estimate of drug-likeness (QED) is 0.640. The highest BCUT2D eigenvalue weighted by Crippen LogP contribution is 2.32. The number of hydrogen-bond donors (Lipinski definition) is 0. The maximum Gasteiger partial charge on any atom is 0.416 e. The Balaban J connectivity index is 3.04. The number of rotatable bonds is 2. The van der Waals surface area contributed by atoms with Crippen LogP contribution in [0.25, 0.3) is 0 Å². The van der Waals surface area contributed by atoms with Gasteiger partial charge in [-0.25, -0.2) is 0 Å². The Bertz CT molecular complexity index is 304. The SMILES string of the molecule is CB(C)Cc1ccccc1C(F)(F)F. The lowest BCUT2D eigenvalue weighted by Crippen LogP contribution is -2.13. The maximum atomic E-state index is 12.5. The smallest absolute Gasteiger partial charge is 0.166 e. The second-order valence-corrected chi connectivity index (χ2v) is 3.75. The molecule has 0 aliphatic rings. The molecule has 0 aliphatic heterocycles. The Morgan fingerprint density at radius 2 is 1.71 bits per heavy atom. The molecule has 0 radical (unpaired) electrons. The first-order chi connectivity index (χ1) is 6.41. The van der Waals surface area contributed by atoms with Gasteiger partial charge in [0.1, 0.15) is 6.71 Å². The second kappa shape index (κ2) is 4.07. The minimum atomic E-state index is -4.23. The first-order valence-electron chi connectivity index (χ1n) is 4.56. The van der Waals surface area contributed by atoms with Crippen molar-refractivity contribution in [3.05, 3.63) is 35.4 Å². The van der Waals surface area contributed by atoms with E-state index < -0.39 is 11.7 Å². The zero-order valence-electron chi connectivity index (χ0n) is 8.23. The Morgan fingerprint density at radius 1 is 1.14 bits per heavy atom. The van der Waals surface area contributed by atoms with Gasteiger partial charge in [0.05, 0.1) is 5.56 Å². The van der Waals surface area contributed by atoms with Crippen LogP contribution < -0.4 is 0 Å². The predicted molar refractivity (Wildman–Crippen MR) is 52.6 cm³/mol. The molecule has 14 heavy (non-hydrogen) atoms. The third kappa shape index (κ3) is 2.79. The maximum absolute atomic E-state index is 12.5. The van der Waals surface area contributed by atoms with Gasteiger partial charge >= 0.3 is 6.18 Å². The Labute approximate surface area is 82.2 Å². The summed E-state index contributed by atoms with van der Waals surface area (Å²) in [5.41, 5.74) is -0.122. The Morgan fingerprint density at radius 3 is 2.21 bits per heavy atom. The lowest BCUT2D eigenvalue weighted by Gasteiger charge is -2.12. The van der Waals surface area contributed by atoms with E-state index in [0.717, 1.165) is 6.07 Å². The van der Waals surface area contributed by atoms with Gasteiger partial charge in [-0.05, 0) is 17.9 Å². The van der Waals surface area contributed by atoms with Crippen LogP contribution in [0.15, 0.2) is 24.3 Å². The monoisotopic (exact) mass is 200 g/mol. The van der Waals surface area contributed by atoms with Gasteiger partial charge in [0.15, 0.2) is 0 Å². The van der Waals surface area contributed by atoms with Crippen molar-refractivity contribution in [3.8, 4) is 0 Å². The second-order valence-electron chi connectivity index (χ2n) is 3.75. The summed E-state index contributed by atoms with van der Waals surface area (Å²) in [7, 11) is 0. The molecular formula is C10H12BF3.